The van der Waals surface area contributed by atoms with Crippen LogP contribution in [0.4, 0.5) is 0 Å². The fourth-order valence-electron chi connectivity index (χ4n) is 5.88. The van der Waals surface area contributed by atoms with Gasteiger partial charge in [0.15, 0.2) is 18.1 Å². The highest BCUT2D eigenvalue weighted by Crippen LogP contribution is 2.32. The molecule has 1 unspecified atom stereocenters. The number of esters is 2. The van der Waals surface area contributed by atoms with Crippen LogP contribution in [0, 0.1) is 5.41 Å². The number of ether oxygens (including phenoxy) is 9. The van der Waals surface area contributed by atoms with E-state index in [2.05, 4.69) is 0 Å². The van der Waals surface area contributed by atoms with Crippen LogP contribution in [0.1, 0.15) is 77.5 Å². The van der Waals surface area contributed by atoms with Gasteiger partial charge in [-0.3, -0.25) is 9.59 Å². The zero-order chi connectivity index (χ0) is 41.5. The molecule has 326 valence electrons. The van der Waals surface area contributed by atoms with Gasteiger partial charge in [0.1, 0.15) is 24.5 Å². The van der Waals surface area contributed by atoms with Crippen LogP contribution in [0.2, 0.25) is 0 Å². The van der Waals surface area contributed by atoms with Crippen LogP contribution in [-0.4, -0.2) is 133 Å². The van der Waals surface area contributed by atoms with Gasteiger partial charge in [0.2, 0.25) is 5.78 Å². The van der Waals surface area contributed by atoms with Gasteiger partial charge in [-0.05, 0) is 73.9 Å². The minimum Gasteiger partial charge on any atom is -0.493 e. The summed E-state index contributed by atoms with van der Waals surface area (Å²) in [6, 6.07) is 11.6. The number of carbonyl (C=O) groups excluding carboxylic acids is 4. The third-order valence-electron chi connectivity index (χ3n) is 9.56. The smallest absolute Gasteiger partial charge is 0.344 e. The summed E-state index contributed by atoms with van der Waals surface area (Å²) < 4.78 is 49.4. The molecular formula is C43H65NO14. The lowest BCUT2D eigenvalue weighted by molar-refractivity contribution is -0.164. The maximum Gasteiger partial charge on any atom is 0.344 e. The zero-order valence-corrected chi connectivity index (χ0v) is 34.1. The summed E-state index contributed by atoms with van der Waals surface area (Å²) >= 11 is 0. The number of Topliss-reactive ketones (excluding diaryl/α,β-unsaturated/α-hetero) is 1. The van der Waals surface area contributed by atoms with E-state index in [0.29, 0.717) is 108 Å². The van der Waals surface area contributed by atoms with E-state index in [1.165, 1.54) is 4.90 Å². The van der Waals surface area contributed by atoms with Crippen LogP contribution in [0.15, 0.2) is 42.5 Å². The summed E-state index contributed by atoms with van der Waals surface area (Å²) in [6.45, 7) is 8.08. The molecule has 1 fully saturated rings. The number of amides is 1. The number of carbonyl (C=O) groups is 4. The standard InChI is InChI=1S/C42H61NO14.CH4/c1-6-42(2,3)39(46)40(47)43-17-8-7-12-34(43)41(48)57-35(15-13-31-14-16-36(49-4)37(28-31)50-5)32-10-9-11-33(29-32)56-30-38(45)55-27-26-54-25-24-53-23-22-52-21-20-51-19-18-44;/h9-11,14,16,28-29,34-35,44H,6-8,12-13,15,17-27,30H2,1-5H3;1H4/t34?,35-;/m1./s1. The van der Waals surface area contributed by atoms with Crippen molar-refractivity contribution in [2.24, 2.45) is 5.41 Å². The number of ketones is 1. The second kappa shape index (κ2) is 27.4. The number of hydrogen-bond acceptors (Lipinski definition) is 14. The molecule has 15 nitrogen and oxygen atoms in total. The van der Waals surface area contributed by atoms with E-state index in [9.17, 15) is 19.2 Å². The van der Waals surface area contributed by atoms with Gasteiger partial charge in [0.25, 0.3) is 5.91 Å². The molecule has 3 rings (SSSR count). The maximum atomic E-state index is 13.9. The lowest BCUT2D eigenvalue weighted by Crippen LogP contribution is -2.53. The molecule has 1 aliphatic heterocycles. The molecular weight excluding hydrogens is 754 g/mol. The number of hydrogen-bond donors (Lipinski definition) is 1. The summed E-state index contributed by atoms with van der Waals surface area (Å²) in [7, 11) is 3.12. The molecule has 0 spiro atoms. The minimum atomic E-state index is -0.897. The van der Waals surface area contributed by atoms with Crippen molar-refractivity contribution >= 4 is 23.6 Å². The number of rotatable bonds is 28. The number of likely N-dealkylation sites (tertiary alicyclic amines) is 1. The zero-order valence-electron chi connectivity index (χ0n) is 34.1. The molecule has 0 aromatic heterocycles. The van der Waals surface area contributed by atoms with Crippen LogP contribution in [0.3, 0.4) is 0 Å². The molecule has 1 saturated heterocycles. The van der Waals surface area contributed by atoms with Crippen molar-refractivity contribution in [1.82, 2.24) is 4.90 Å². The molecule has 58 heavy (non-hydrogen) atoms. The molecule has 0 aliphatic carbocycles. The monoisotopic (exact) mass is 819 g/mol. The molecule has 2 aromatic rings. The predicted molar refractivity (Wildman–Crippen MR) is 215 cm³/mol. The van der Waals surface area contributed by atoms with Gasteiger partial charge in [-0.25, -0.2) is 9.59 Å². The fourth-order valence-corrected chi connectivity index (χ4v) is 5.88. The molecule has 1 amide bonds. The van der Waals surface area contributed by atoms with E-state index in [1.54, 1.807) is 52.3 Å². The van der Waals surface area contributed by atoms with Crippen LogP contribution < -0.4 is 14.2 Å². The number of piperidine rings is 1. The predicted octanol–water partition coefficient (Wildman–Crippen LogP) is 4.92. The first-order valence-electron chi connectivity index (χ1n) is 19.6. The van der Waals surface area contributed by atoms with E-state index < -0.39 is 41.2 Å². The fraction of sp³-hybridized carbons (Fsp3) is 0.628. The number of aliphatic hydroxyl groups is 1. The van der Waals surface area contributed by atoms with Crippen LogP contribution in [0.25, 0.3) is 0 Å². The normalized spacial score (nSPS) is 14.5. The van der Waals surface area contributed by atoms with Crippen molar-refractivity contribution in [2.75, 3.05) is 93.4 Å². The van der Waals surface area contributed by atoms with Crippen LogP contribution in [-0.2, 0) is 54.0 Å². The van der Waals surface area contributed by atoms with Gasteiger partial charge >= 0.3 is 11.9 Å². The Labute approximate surface area is 343 Å². The van der Waals surface area contributed by atoms with E-state index >= 15 is 0 Å². The van der Waals surface area contributed by atoms with Crippen molar-refractivity contribution in [3.8, 4) is 17.2 Å². The van der Waals surface area contributed by atoms with Crippen LogP contribution in [0.5, 0.6) is 17.2 Å². The Bertz CT molecular complexity index is 1530. The first-order chi connectivity index (χ1) is 27.5. The Morgan fingerprint density at radius 3 is 2.09 bits per heavy atom. The minimum absolute atomic E-state index is 0. The van der Waals surface area contributed by atoms with Crippen molar-refractivity contribution < 1.29 is 66.9 Å². The van der Waals surface area contributed by atoms with Crippen LogP contribution >= 0.6 is 0 Å². The Hall–Kier alpha value is -4.28. The summed E-state index contributed by atoms with van der Waals surface area (Å²) in [5.41, 5.74) is 0.696. The molecule has 1 aliphatic rings. The molecule has 0 bridgehead atoms. The van der Waals surface area contributed by atoms with E-state index in [1.807, 2.05) is 25.1 Å². The highest BCUT2D eigenvalue weighted by molar-refractivity contribution is 6.38. The van der Waals surface area contributed by atoms with Gasteiger partial charge in [0, 0.05) is 12.0 Å². The number of nitrogens with zero attached hydrogens (tertiary/aromatic N) is 1. The van der Waals surface area contributed by atoms with Gasteiger partial charge in [-0.1, -0.05) is 46.4 Å². The summed E-state index contributed by atoms with van der Waals surface area (Å²) in [6.07, 6.45) is 2.38. The second-order valence-corrected chi connectivity index (χ2v) is 14.0. The van der Waals surface area contributed by atoms with Gasteiger partial charge in [0.05, 0.1) is 73.7 Å². The highest BCUT2D eigenvalue weighted by atomic mass is 16.6. The van der Waals surface area contributed by atoms with E-state index in [4.69, 9.17) is 47.7 Å². The maximum absolute atomic E-state index is 13.9. The first kappa shape index (κ1) is 49.9. The molecule has 2 atom stereocenters. The average molecular weight is 820 g/mol. The largest absolute Gasteiger partial charge is 0.493 e. The Balaban J connectivity index is 0.0000116. The SMILES string of the molecule is C.CCC(C)(C)C(=O)C(=O)N1CCCCC1C(=O)O[C@H](CCc1ccc(OC)c(OC)c1)c1cccc(OCC(=O)OCCOCCOCCOCCOCCO)c1. The Morgan fingerprint density at radius 1 is 0.828 bits per heavy atom. The Morgan fingerprint density at radius 2 is 1.47 bits per heavy atom. The Kier molecular flexibility index (Phi) is 23.6. The topological polar surface area (TPSA) is 175 Å². The molecule has 0 radical (unpaired) electrons. The van der Waals surface area contributed by atoms with Crippen molar-refractivity contribution in [3.05, 3.63) is 53.6 Å². The van der Waals surface area contributed by atoms with Crippen molar-refractivity contribution in [3.63, 3.8) is 0 Å². The van der Waals surface area contributed by atoms with Gasteiger partial charge in [-0.15, -0.1) is 0 Å². The second-order valence-electron chi connectivity index (χ2n) is 14.0. The van der Waals surface area contributed by atoms with Gasteiger partial charge in [-0.2, -0.15) is 0 Å². The lowest BCUT2D eigenvalue weighted by Gasteiger charge is -2.36. The molecule has 1 N–H and O–H groups in total. The number of aliphatic hydroxyl groups excluding tert-OH is 1. The molecule has 2 aromatic carbocycles. The van der Waals surface area contributed by atoms with Gasteiger partial charge < -0.3 is 52.6 Å². The van der Waals surface area contributed by atoms with Crippen molar-refractivity contribution in [2.45, 2.75) is 78.9 Å². The third kappa shape index (κ3) is 16.9. The number of benzene rings is 2. The first-order valence-corrected chi connectivity index (χ1v) is 19.6. The lowest BCUT2D eigenvalue weighted by atomic mass is 9.84. The van der Waals surface area contributed by atoms with E-state index in [-0.39, 0.29) is 40.5 Å². The number of aryl methyl sites for hydroxylation is 1. The van der Waals surface area contributed by atoms with Crippen molar-refractivity contribution in [1.29, 1.82) is 0 Å². The third-order valence-corrected chi connectivity index (χ3v) is 9.56. The molecule has 15 heteroatoms. The number of methoxy groups -OCH3 is 2. The summed E-state index contributed by atoms with van der Waals surface area (Å²) in [5.74, 6) is -0.830. The van der Waals surface area contributed by atoms with E-state index in [0.717, 1.165) is 5.56 Å². The summed E-state index contributed by atoms with van der Waals surface area (Å²) in [5, 5.41) is 8.66. The summed E-state index contributed by atoms with van der Waals surface area (Å²) in [4.78, 5) is 54.3. The average Bonchev–Trinajstić information content (AvgIpc) is 3.23. The highest BCUT2D eigenvalue weighted by Gasteiger charge is 2.41. The molecule has 0 saturated carbocycles. The quantitative estimate of drug-likeness (QED) is 0.0696. The molecule has 1 heterocycles.